The maximum atomic E-state index is 11.6. The molecule has 110 valence electrons. The molecule has 6 nitrogen and oxygen atoms in total. The zero-order valence-electron chi connectivity index (χ0n) is 12.0. The fraction of sp³-hybridized carbons (Fsp3) is 0.429. The lowest BCUT2D eigenvalue weighted by Gasteiger charge is -2.16. The summed E-state index contributed by atoms with van der Waals surface area (Å²) in [4.78, 5) is 22.2. The Hall–Kier alpha value is -2.24. The maximum Gasteiger partial charge on any atom is 0.318 e. The number of carbonyl (C=O) groups excluding carboxylic acids is 2. The molecule has 0 heterocycles. The van der Waals surface area contributed by atoms with Crippen molar-refractivity contribution < 1.29 is 14.3 Å². The first-order valence-corrected chi connectivity index (χ1v) is 6.54. The Labute approximate surface area is 118 Å². The van der Waals surface area contributed by atoms with Crippen LogP contribution in [0.1, 0.15) is 25.8 Å². The van der Waals surface area contributed by atoms with Gasteiger partial charge in [-0.2, -0.15) is 0 Å². The first-order valence-electron chi connectivity index (χ1n) is 6.54. The minimum absolute atomic E-state index is 0.469. The Balaban J connectivity index is 2.68. The third kappa shape index (κ3) is 4.79. The number of nitrogens with one attached hydrogen (secondary N) is 2. The van der Waals surface area contributed by atoms with Crippen molar-refractivity contribution in [3.05, 3.63) is 23.8 Å². The first kappa shape index (κ1) is 15.8. The van der Waals surface area contributed by atoms with Crippen molar-refractivity contribution in [3.8, 4) is 5.75 Å². The number of hydrogen-bond acceptors (Lipinski definition) is 4. The Kier molecular flexibility index (Phi) is 5.83. The Bertz CT molecular complexity index is 489. The van der Waals surface area contributed by atoms with E-state index in [2.05, 4.69) is 5.32 Å². The fourth-order valence-corrected chi connectivity index (χ4v) is 1.64. The molecule has 1 aromatic rings. The molecule has 1 atom stereocenters. The molecule has 0 radical (unpaired) electrons. The van der Waals surface area contributed by atoms with Crippen LogP contribution in [0.4, 0.5) is 10.5 Å². The van der Waals surface area contributed by atoms with Gasteiger partial charge in [0.1, 0.15) is 11.8 Å². The van der Waals surface area contributed by atoms with Gasteiger partial charge in [-0.15, -0.1) is 0 Å². The molecule has 4 N–H and O–H groups in total. The molecule has 1 aromatic carbocycles. The van der Waals surface area contributed by atoms with Crippen LogP contribution in [0, 0.1) is 6.92 Å². The van der Waals surface area contributed by atoms with Gasteiger partial charge in [0, 0.05) is 5.69 Å². The van der Waals surface area contributed by atoms with Crippen LogP contribution in [0.2, 0.25) is 0 Å². The highest BCUT2D eigenvalue weighted by molar-refractivity contribution is 5.97. The molecule has 0 aliphatic heterocycles. The summed E-state index contributed by atoms with van der Waals surface area (Å²) in [6.45, 7) is 6.28. The van der Waals surface area contributed by atoms with Gasteiger partial charge >= 0.3 is 6.03 Å². The van der Waals surface area contributed by atoms with E-state index in [1.54, 1.807) is 6.92 Å². The Morgan fingerprint density at radius 2 is 2.10 bits per heavy atom. The Morgan fingerprint density at radius 1 is 1.40 bits per heavy atom. The van der Waals surface area contributed by atoms with Crippen LogP contribution >= 0.6 is 0 Å². The molecule has 0 saturated heterocycles. The van der Waals surface area contributed by atoms with Gasteiger partial charge in [0.25, 0.3) is 0 Å². The first-order chi connectivity index (χ1) is 9.43. The molecular formula is C14H21N3O3. The van der Waals surface area contributed by atoms with E-state index in [-0.39, 0.29) is 0 Å². The van der Waals surface area contributed by atoms with Crippen LogP contribution in [0.5, 0.6) is 5.75 Å². The van der Waals surface area contributed by atoms with Gasteiger partial charge in [0.05, 0.1) is 6.61 Å². The molecule has 0 spiro atoms. The molecule has 0 aromatic heterocycles. The van der Waals surface area contributed by atoms with E-state index < -0.39 is 18.0 Å². The van der Waals surface area contributed by atoms with Gasteiger partial charge in [-0.25, -0.2) is 4.79 Å². The van der Waals surface area contributed by atoms with Crippen LogP contribution in [0.15, 0.2) is 18.2 Å². The lowest BCUT2D eigenvalue weighted by Crippen LogP contribution is -2.43. The number of hydrogen-bond donors (Lipinski definition) is 3. The van der Waals surface area contributed by atoms with Crippen molar-refractivity contribution in [1.82, 2.24) is 5.32 Å². The molecule has 6 heteroatoms. The lowest BCUT2D eigenvalue weighted by atomic mass is 10.1. The maximum absolute atomic E-state index is 11.6. The minimum atomic E-state index is -0.858. The third-order valence-corrected chi connectivity index (χ3v) is 2.68. The summed E-state index contributed by atoms with van der Waals surface area (Å²) in [5.41, 5.74) is 6.67. The van der Waals surface area contributed by atoms with E-state index in [0.29, 0.717) is 6.61 Å². The molecule has 0 saturated carbocycles. The summed E-state index contributed by atoms with van der Waals surface area (Å²) >= 11 is 0. The largest absolute Gasteiger partial charge is 0.494 e. The Morgan fingerprint density at radius 3 is 2.65 bits per heavy atom. The third-order valence-electron chi connectivity index (χ3n) is 2.68. The number of urea groups is 1. The van der Waals surface area contributed by atoms with Crippen molar-refractivity contribution in [1.29, 1.82) is 0 Å². The highest BCUT2D eigenvalue weighted by Crippen LogP contribution is 2.22. The molecule has 0 aliphatic rings. The number of amides is 3. The van der Waals surface area contributed by atoms with Gasteiger partial charge in [-0.1, -0.05) is 6.92 Å². The molecule has 0 fully saturated rings. The van der Waals surface area contributed by atoms with Crippen molar-refractivity contribution in [2.24, 2.45) is 5.73 Å². The SMILES string of the molecule is CCCOc1ccc(N[C@@H](C)C(=O)NC(N)=O)c(C)c1. The number of imide groups is 1. The van der Waals surface area contributed by atoms with Crippen LogP contribution in [0.3, 0.4) is 0 Å². The van der Waals surface area contributed by atoms with Crippen LogP contribution in [-0.4, -0.2) is 24.6 Å². The van der Waals surface area contributed by atoms with E-state index in [1.165, 1.54) is 0 Å². The van der Waals surface area contributed by atoms with Gasteiger partial charge in [0.15, 0.2) is 0 Å². The highest BCUT2D eigenvalue weighted by atomic mass is 16.5. The molecule has 20 heavy (non-hydrogen) atoms. The average molecular weight is 279 g/mol. The predicted octanol–water partition coefficient (Wildman–Crippen LogP) is 1.78. The van der Waals surface area contributed by atoms with Crippen molar-refractivity contribution in [3.63, 3.8) is 0 Å². The molecule has 0 unspecified atom stereocenters. The number of rotatable bonds is 6. The lowest BCUT2D eigenvalue weighted by molar-refractivity contribution is -0.120. The molecule has 1 rings (SSSR count). The van der Waals surface area contributed by atoms with Crippen molar-refractivity contribution in [2.45, 2.75) is 33.2 Å². The number of anilines is 1. The summed E-state index contributed by atoms with van der Waals surface area (Å²) in [6, 6.07) is 4.15. The van der Waals surface area contributed by atoms with Gasteiger partial charge in [-0.3, -0.25) is 10.1 Å². The fourth-order valence-electron chi connectivity index (χ4n) is 1.64. The summed E-state index contributed by atoms with van der Waals surface area (Å²) < 4.78 is 5.53. The zero-order valence-corrected chi connectivity index (χ0v) is 12.0. The normalized spacial score (nSPS) is 11.6. The van der Waals surface area contributed by atoms with Gasteiger partial charge in [0.2, 0.25) is 5.91 Å². The quantitative estimate of drug-likeness (QED) is 0.740. The van der Waals surface area contributed by atoms with E-state index in [9.17, 15) is 9.59 Å². The standard InChI is InChI=1S/C14H21N3O3/c1-4-7-20-11-5-6-12(9(2)8-11)16-10(3)13(18)17-14(15)19/h5-6,8,10,16H,4,7H2,1-3H3,(H3,15,17,18,19)/t10-/m0/s1. The van der Waals surface area contributed by atoms with E-state index >= 15 is 0 Å². The molecular weight excluding hydrogens is 258 g/mol. The topological polar surface area (TPSA) is 93.4 Å². The number of benzene rings is 1. The molecule has 0 bridgehead atoms. The molecule has 0 aliphatic carbocycles. The monoisotopic (exact) mass is 279 g/mol. The summed E-state index contributed by atoms with van der Waals surface area (Å²) in [7, 11) is 0. The zero-order chi connectivity index (χ0) is 15.1. The second-order valence-corrected chi connectivity index (χ2v) is 4.54. The summed E-state index contributed by atoms with van der Waals surface area (Å²) in [5, 5.41) is 5.06. The summed E-state index contributed by atoms with van der Waals surface area (Å²) in [5.74, 6) is 0.326. The van der Waals surface area contributed by atoms with Crippen LogP contribution in [-0.2, 0) is 4.79 Å². The number of primary amides is 1. The number of aryl methyl sites for hydroxylation is 1. The van der Waals surface area contributed by atoms with Crippen molar-refractivity contribution in [2.75, 3.05) is 11.9 Å². The number of carbonyl (C=O) groups is 2. The van der Waals surface area contributed by atoms with E-state index in [0.717, 1.165) is 23.4 Å². The average Bonchev–Trinajstić information content (AvgIpc) is 2.38. The molecule has 3 amide bonds. The van der Waals surface area contributed by atoms with Crippen LogP contribution in [0.25, 0.3) is 0 Å². The van der Waals surface area contributed by atoms with E-state index in [1.807, 2.05) is 37.4 Å². The second-order valence-electron chi connectivity index (χ2n) is 4.54. The van der Waals surface area contributed by atoms with Crippen LogP contribution < -0.4 is 21.1 Å². The summed E-state index contributed by atoms with van der Waals surface area (Å²) in [6.07, 6.45) is 0.948. The van der Waals surface area contributed by atoms with Crippen molar-refractivity contribution >= 4 is 17.6 Å². The number of ether oxygens (including phenoxy) is 1. The smallest absolute Gasteiger partial charge is 0.318 e. The van der Waals surface area contributed by atoms with E-state index in [4.69, 9.17) is 10.5 Å². The minimum Gasteiger partial charge on any atom is -0.494 e. The highest BCUT2D eigenvalue weighted by Gasteiger charge is 2.15. The second kappa shape index (κ2) is 7.37. The van der Waals surface area contributed by atoms with Gasteiger partial charge in [-0.05, 0) is 44.0 Å². The number of nitrogens with two attached hydrogens (primary N) is 1. The predicted molar refractivity (Wildman–Crippen MR) is 77.8 cm³/mol. The van der Waals surface area contributed by atoms with Gasteiger partial charge < -0.3 is 15.8 Å².